The van der Waals surface area contributed by atoms with E-state index in [4.69, 9.17) is 9.72 Å². The molecule has 2 unspecified atom stereocenters. The summed E-state index contributed by atoms with van der Waals surface area (Å²) in [5, 5.41) is 4.64. The number of anilines is 1. The van der Waals surface area contributed by atoms with Crippen LogP contribution in [-0.2, 0) is 11.3 Å². The number of ether oxygens (including phenoxy) is 1. The van der Waals surface area contributed by atoms with Gasteiger partial charge in [-0.05, 0) is 41.0 Å². The lowest BCUT2D eigenvalue weighted by Gasteiger charge is -2.26. The molecule has 1 aliphatic rings. The van der Waals surface area contributed by atoms with Crippen LogP contribution in [0.25, 0.3) is 0 Å². The Morgan fingerprint density at radius 2 is 2.15 bits per heavy atom. The van der Waals surface area contributed by atoms with E-state index in [-0.39, 0.29) is 5.54 Å². The van der Waals surface area contributed by atoms with Crippen LogP contribution in [0.5, 0.6) is 0 Å². The van der Waals surface area contributed by atoms with Crippen molar-refractivity contribution in [2.24, 2.45) is 0 Å². The Morgan fingerprint density at radius 3 is 2.70 bits per heavy atom. The van der Waals surface area contributed by atoms with Gasteiger partial charge in [0.25, 0.3) is 0 Å². The van der Waals surface area contributed by atoms with Crippen molar-refractivity contribution in [3.63, 3.8) is 0 Å². The number of hydrogen-bond acceptors (Lipinski definition) is 5. The zero-order valence-electron chi connectivity index (χ0n) is 13.5. The Hall–Kier alpha value is -0.650. The first-order chi connectivity index (χ1) is 9.28. The van der Waals surface area contributed by atoms with Gasteiger partial charge in [-0.2, -0.15) is 0 Å². The van der Waals surface area contributed by atoms with Crippen LogP contribution in [0.15, 0.2) is 0 Å². The van der Waals surface area contributed by atoms with Crippen LogP contribution in [0, 0.1) is 6.92 Å². The molecule has 1 aromatic heterocycles. The van der Waals surface area contributed by atoms with Gasteiger partial charge < -0.3 is 15.0 Å². The van der Waals surface area contributed by atoms with Gasteiger partial charge in [0, 0.05) is 30.6 Å². The van der Waals surface area contributed by atoms with E-state index in [9.17, 15) is 0 Å². The maximum atomic E-state index is 5.66. The third-order valence-corrected chi connectivity index (χ3v) is 5.04. The highest BCUT2D eigenvalue weighted by Gasteiger charge is 2.29. The quantitative estimate of drug-likeness (QED) is 0.927. The molecule has 1 aliphatic heterocycles. The van der Waals surface area contributed by atoms with Crippen molar-refractivity contribution >= 4 is 16.5 Å². The van der Waals surface area contributed by atoms with E-state index in [1.54, 1.807) is 11.3 Å². The topological polar surface area (TPSA) is 37.4 Å². The van der Waals surface area contributed by atoms with Crippen molar-refractivity contribution in [3.8, 4) is 0 Å². The number of nitrogens with one attached hydrogen (secondary N) is 1. The predicted molar refractivity (Wildman–Crippen MR) is 85.7 cm³/mol. The van der Waals surface area contributed by atoms with E-state index in [1.807, 2.05) is 0 Å². The Balaban J connectivity index is 2.06. The first-order valence-corrected chi connectivity index (χ1v) is 8.15. The van der Waals surface area contributed by atoms with Gasteiger partial charge in [-0.15, -0.1) is 11.3 Å². The molecule has 4 nitrogen and oxygen atoms in total. The molecule has 0 aliphatic carbocycles. The van der Waals surface area contributed by atoms with Crippen molar-refractivity contribution in [2.75, 3.05) is 18.6 Å². The second kappa shape index (κ2) is 6.00. The van der Waals surface area contributed by atoms with E-state index in [0.29, 0.717) is 12.1 Å². The second-order valence-electron chi connectivity index (χ2n) is 6.65. The highest BCUT2D eigenvalue weighted by molar-refractivity contribution is 7.15. The van der Waals surface area contributed by atoms with Gasteiger partial charge in [0.05, 0.1) is 17.8 Å². The van der Waals surface area contributed by atoms with Crippen LogP contribution >= 0.6 is 11.3 Å². The van der Waals surface area contributed by atoms with Gasteiger partial charge in [-0.3, -0.25) is 0 Å². The molecule has 2 heterocycles. The van der Waals surface area contributed by atoms with Crippen LogP contribution < -0.4 is 10.2 Å². The van der Waals surface area contributed by atoms with E-state index in [1.165, 1.54) is 4.88 Å². The molecule has 0 amide bonds. The van der Waals surface area contributed by atoms with Gasteiger partial charge in [0.1, 0.15) is 0 Å². The summed E-state index contributed by atoms with van der Waals surface area (Å²) in [5.41, 5.74) is 1.27. The fraction of sp³-hybridized carbons (Fsp3) is 0.800. The highest BCUT2D eigenvalue weighted by atomic mass is 32.1. The lowest BCUT2D eigenvalue weighted by Crippen LogP contribution is -2.36. The van der Waals surface area contributed by atoms with Crippen molar-refractivity contribution in [1.82, 2.24) is 10.3 Å². The maximum Gasteiger partial charge on any atom is 0.185 e. The smallest absolute Gasteiger partial charge is 0.185 e. The van der Waals surface area contributed by atoms with E-state index in [2.05, 4.69) is 51.9 Å². The van der Waals surface area contributed by atoms with Crippen LogP contribution in [0.4, 0.5) is 5.13 Å². The van der Waals surface area contributed by atoms with Crippen molar-refractivity contribution in [1.29, 1.82) is 0 Å². The molecular weight excluding hydrogens is 270 g/mol. The van der Waals surface area contributed by atoms with Crippen LogP contribution in [0.2, 0.25) is 0 Å². The van der Waals surface area contributed by atoms with E-state index >= 15 is 0 Å². The maximum absolute atomic E-state index is 5.66. The third-order valence-electron chi connectivity index (χ3n) is 3.80. The molecular formula is C15H27N3OS. The number of aromatic nitrogens is 1. The molecule has 114 valence electrons. The van der Waals surface area contributed by atoms with Gasteiger partial charge in [-0.25, -0.2) is 4.98 Å². The minimum absolute atomic E-state index is 0.135. The molecule has 0 aromatic carbocycles. The molecule has 0 radical (unpaired) electrons. The number of likely N-dealkylation sites (N-methyl/N-ethyl adjacent to an activating group) is 1. The molecule has 1 saturated heterocycles. The van der Waals surface area contributed by atoms with E-state index < -0.39 is 0 Å². The average molecular weight is 297 g/mol. The average Bonchev–Trinajstić information content (AvgIpc) is 2.91. The molecule has 1 fully saturated rings. The number of aryl methyl sites for hydroxylation is 1. The Bertz CT molecular complexity index is 452. The Morgan fingerprint density at radius 1 is 1.45 bits per heavy atom. The van der Waals surface area contributed by atoms with Crippen LogP contribution in [-0.4, -0.2) is 36.3 Å². The first kappa shape index (κ1) is 15.7. The summed E-state index contributed by atoms with van der Waals surface area (Å²) in [6, 6.07) is 0.448. The standard InChI is InChI=1S/C15H27N3OS/c1-10-13(9-16-15(3,4)5)20-14(17-10)18(6)12-7-8-19-11(12)2/h11-12,16H,7-9H2,1-6H3. The molecule has 0 bridgehead atoms. The molecule has 2 rings (SSSR count). The SMILES string of the molecule is Cc1nc(N(C)C2CCOC2C)sc1CNC(C)(C)C. The zero-order chi connectivity index (χ0) is 14.9. The number of thiazole rings is 1. The molecule has 5 heteroatoms. The summed E-state index contributed by atoms with van der Waals surface area (Å²) < 4.78 is 5.66. The normalized spacial score (nSPS) is 23.3. The molecule has 20 heavy (non-hydrogen) atoms. The fourth-order valence-electron chi connectivity index (χ4n) is 2.44. The largest absolute Gasteiger partial charge is 0.376 e. The van der Waals surface area contributed by atoms with Crippen molar-refractivity contribution < 1.29 is 4.74 Å². The molecule has 2 atom stereocenters. The van der Waals surface area contributed by atoms with Gasteiger partial charge >= 0.3 is 0 Å². The molecule has 1 aromatic rings. The Kier molecular flexibility index (Phi) is 4.72. The lowest BCUT2D eigenvalue weighted by atomic mass is 10.1. The zero-order valence-corrected chi connectivity index (χ0v) is 14.3. The summed E-state index contributed by atoms with van der Waals surface area (Å²) >= 11 is 1.79. The minimum atomic E-state index is 0.135. The van der Waals surface area contributed by atoms with Gasteiger partial charge in [0.2, 0.25) is 0 Å². The lowest BCUT2D eigenvalue weighted by molar-refractivity contribution is 0.118. The summed E-state index contributed by atoms with van der Waals surface area (Å²) in [6.07, 6.45) is 1.38. The number of hydrogen-bond donors (Lipinski definition) is 1. The molecule has 1 N–H and O–H groups in total. The number of nitrogens with zero attached hydrogens (tertiary/aromatic N) is 2. The summed E-state index contributed by atoms with van der Waals surface area (Å²) in [6.45, 7) is 12.6. The second-order valence-corrected chi connectivity index (χ2v) is 7.71. The minimum Gasteiger partial charge on any atom is -0.376 e. The summed E-state index contributed by atoms with van der Waals surface area (Å²) in [5.74, 6) is 0. The fourth-order valence-corrected chi connectivity index (χ4v) is 3.46. The summed E-state index contributed by atoms with van der Waals surface area (Å²) in [4.78, 5) is 8.35. The molecule has 0 saturated carbocycles. The molecule has 0 spiro atoms. The van der Waals surface area contributed by atoms with Crippen LogP contribution in [0.1, 0.15) is 44.7 Å². The van der Waals surface area contributed by atoms with Gasteiger partial charge in [-0.1, -0.05) is 0 Å². The van der Waals surface area contributed by atoms with Crippen LogP contribution in [0.3, 0.4) is 0 Å². The first-order valence-electron chi connectivity index (χ1n) is 7.33. The third kappa shape index (κ3) is 3.71. The van der Waals surface area contributed by atoms with Crippen molar-refractivity contribution in [2.45, 2.75) is 65.3 Å². The van der Waals surface area contributed by atoms with Gasteiger partial charge in [0.15, 0.2) is 5.13 Å². The van der Waals surface area contributed by atoms with Crippen molar-refractivity contribution in [3.05, 3.63) is 10.6 Å². The Labute approximate surface area is 126 Å². The highest BCUT2D eigenvalue weighted by Crippen LogP contribution is 2.30. The number of rotatable bonds is 4. The van der Waals surface area contributed by atoms with E-state index in [0.717, 1.165) is 30.4 Å². The monoisotopic (exact) mass is 297 g/mol. The predicted octanol–water partition coefficient (Wildman–Crippen LogP) is 2.95. The summed E-state index contributed by atoms with van der Waals surface area (Å²) in [7, 11) is 2.13.